The summed E-state index contributed by atoms with van der Waals surface area (Å²) in [5.74, 6) is 0.623. The van der Waals surface area contributed by atoms with Gasteiger partial charge in [0.1, 0.15) is 0 Å². The Hall–Kier alpha value is -0.980. The van der Waals surface area contributed by atoms with Gasteiger partial charge in [-0.1, -0.05) is 65.5 Å². The van der Waals surface area contributed by atoms with E-state index in [1.165, 1.54) is 62.9 Å². The van der Waals surface area contributed by atoms with Gasteiger partial charge in [-0.2, -0.15) is 0 Å². The molecular formula is C19H33N. The van der Waals surface area contributed by atoms with Crippen molar-refractivity contribution < 1.29 is 0 Å². The Bertz CT molecular complexity index is 339. The highest BCUT2D eigenvalue weighted by atomic mass is 15.1. The molecule has 0 amide bonds. The van der Waals surface area contributed by atoms with Gasteiger partial charge in [-0.05, 0) is 36.5 Å². The molecule has 0 aromatic heterocycles. The largest absolute Gasteiger partial charge is 0.372 e. The molecule has 0 bridgehead atoms. The van der Waals surface area contributed by atoms with Crippen LogP contribution in [0.3, 0.4) is 0 Å². The van der Waals surface area contributed by atoms with E-state index in [9.17, 15) is 0 Å². The lowest BCUT2D eigenvalue weighted by Gasteiger charge is -2.25. The van der Waals surface area contributed by atoms with Crippen molar-refractivity contribution in [2.24, 2.45) is 0 Å². The third-order valence-electron chi connectivity index (χ3n) is 3.99. The molecule has 1 heteroatoms. The first kappa shape index (κ1) is 17.1. The zero-order chi connectivity index (χ0) is 14.8. The molecule has 0 saturated carbocycles. The molecule has 0 aliphatic heterocycles. The smallest absolute Gasteiger partial charge is 0.0366 e. The molecule has 20 heavy (non-hydrogen) atoms. The first-order chi connectivity index (χ1) is 9.69. The maximum Gasteiger partial charge on any atom is 0.0366 e. The van der Waals surface area contributed by atoms with Gasteiger partial charge in [-0.15, -0.1) is 0 Å². The molecule has 0 unspecified atom stereocenters. The summed E-state index contributed by atoms with van der Waals surface area (Å²) in [5, 5.41) is 0. The molecule has 0 saturated heterocycles. The molecule has 0 N–H and O–H groups in total. The zero-order valence-electron chi connectivity index (χ0n) is 14.0. The molecule has 0 heterocycles. The number of rotatable bonds is 10. The summed E-state index contributed by atoms with van der Waals surface area (Å²) in [6.07, 6.45) is 7.94. The SMILES string of the molecule is CCCCCCN(CCCC)c1ccc(C(C)C)cc1. The Kier molecular flexibility index (Phi) is 8.41. The predicted molar refractivity (Wildman–Crippen MR) is 91.8 cm³/mol. The van der Waals surface area contributed by atoms with E-state index in [0.29, 0.717) is 5.92 Å². The Morgan fingerprint density at radius 3 is 1.95 bits per heavy atom. The minimum absolute atomic E-state index is 0.623. The maximum absolute atomic E-state index is 2.57. The normalized spacial score (nSPS) is 11.1. The van der Waals surface area contributed by atoms with Gasteiger partial charge in [0.05, 0.1) is 0 Å². The van der Waals surface area contributed by atoms with E-state index in [0.717, 1.165) is 0 Å². The van der Waals surface area contributed by atoms with E-state index in [1.807, 2.05) is 0 Å². The van der Waals surface area contributed by atoms with Crippen LogP contribution in [0.1, 0.15) is 77.7 Å². The lowest BCUT2D eigenvalue weighted by Crippen LogP contribution is -2.25. The van der Waals surface area contributed by atoms with Crippen LogP contribution in [0, 0.1) is 0 Å². The molecule has 0 aliphatic rings. The second-order valence-electron chi connectivity index (χ2n) is 6.15. The third kappa shape index (κ3) is 5.98. The lowest BCUT2D eigenvalue weighted by atomic mass is 10.0. The second-order valence-corrected chi connectivity index (χ2v) is 6.15. The van der Waals surface area contributed by atoms with Crippen molar-refractivity contribution in [3.05, 3.63) is 29.8 Å². The van der Waals surface area contributed by atoms with Crippen LogP contribution in [-0.4, -0.2) is 13.1 Å². The summed E-state index contributed by atoms with van der Waals surface area (Å²) in [6, 6.07) is 9.21. The second kappa shape index (κ2) is 9.85. The molecule has 1 aromatic rings. The van der Waals surface area contributed by atoms with Crippen LogP contribution in [0.2, 0.25) is 0 Å². The van der Waals surface area contributed by atoms with Crippen molar-refractivity contribution >= 4 is 5.69 Å². The van der Waals surface area contributed by atoms with E-state index in [-0.39, 0.29) is 0 Å². The summed E-state index contributed by atoms with van der Waals surface area (Å²) in [7, 11) is 0. The average Bonchev–Trinajstić information content (AvgIpc) is 2.47. The molecule has 0 radical (unpaired) electrons. The van der Waals surface area contributed by atoms with E-state index < -0.39 is 0 Å². The first-order valence-electron chi connectivity index (χ1n) is 8.54. The van der Waals surface area contributed by atoms with Gasteiger partial charge >= 0.3 is 0 Å². The third-order valence-corrected chi connectivity index (χ3v) is 3.99. The van der Waals surface area contributed by atoms with Gasteiger partial charge in [0.25, 0.3) is 0 Å². The minimum atomic E-state index is 0.623. The Labute approximate surface area is 126 Å². The monoisotopic (exact) mass is 275 g/mol. The minimum Gasteiger partial charge on any atom is -0.372 e. The molecule has 0 atom stereocenters. The van der Waals surface area contributed by atoms with Gasteiger partial charge in [-0.25, -0.2) is 0 Å². The van der Waals surface area contributed by atoms with Crippen LogP contribution in [0.5, 0.6) is 0 Å². The van der Waals surface area contributed by atoms with Gasteiger partial charge in [0.15, 0.2) is 0 Å². The topological polar surface area (TPSA) is 3.24 Å². The van der Waals surface area contributed by atoms with Crippen molar-refractivity contribution in [3.63, 3.8) is 0 Å². The van der Waals surface area contributed by atoms with E-state index in [4.69, 9.17) is 0 Å². The molecule has 0 spiro atoms. The van der Waals surface area contributed by atoms with Gasteiger partial charge < -0.3 is 4.90 Å². The summed E-state index contributed by atoms with van der Waals surface area (Å²) in [5.41, 5.74) is 2.84. The van der Waals surface area contributed by atoms with Crippen LogP contribution in [0.25, 0.3) is 0 Å². The van der Waals surface area contributed by atoms with Crippen LogP contribution in [0.15, 0.2) is 24.3 Å². The average molecular weight is 275 g/mol. The lowest BCUT2D eigenvalue weighted by molar-refractivity contribution is 0.630. The van der Waals surface area contributed by atoms with Crippen molar-refractivity contribution in [3.8, 4) is 0 Å². The van der Waals surface area contributed by atoms with Crippen molar-refractivity contribution in [2.75, 3.05) is 18.0 Å². The molecule has 114 valence electrons. The summed E-state index contributed by atoms with van der Waals surface area (Å²) >= 11 is 0. The van der Waals surface area contributed by atoms with Crippen molar-refractivity contribution in [2.45, 2.75) is 72.1 Å². The van der Waals surface area contributed by atoms with Gasteiger partial charge in [0, 0.05) is 18.8 Å². The fourth-order valence-electron chi connectivity index (χ4n) is 2.52. The van der Waals surface area contributed by atoms with Crippen molar-refractivity contribution in [1.82, 2.24) is 0 Å². The Balaban J connectivity index is 2.60. The van der Waals surface area contributed by atoms with E-state index >= 15 is 0 Å². The highest BCUT2D eigenvalue weighted by Crippen LogP contribution is 2.21. The molecule has 1 nitrogen and oxygen atoms in total. The van der Waals surface area contributed by atoms with Crippen molar-refractivity contribution in [1.29, 1.82) is 0 Å². The fourth-order valence-corrected chi connectivity index (χ4v) is 2.52. The molecule has 1 rings (SSSR count). The van der Waals surface area contributed by atoms with Crippen LogP contribution in [0.4, 0.5) is 5.69 Å². The number of hydrogen-bond acceptors (Lipinski definition) is 1. The van der Waals surface area contributed by atoms with Gasteiger partial charge in [0.2, 0.25) is 0 Å². The summed E-state index contributed by atoms with van der Waals surface area (Å²) < 4.78 is 0. The number of anilines is 1. The quantitative estimate of drug-likeness (QED) is 0.474. The maximum atomic E-state index is 2.57. The molecule has 0 aliphatic carbocycles. The Morgan fingerprint density at radius 1 is 0.800 bits per heavy atom. The van der Waals surface area contributed by atoms with E-state index in [2.05, 4.69) is 56.9 Å². The molecule has 0 fully saturated rings. The number of hydrogen-bond donors (Lipinski definition) is 0. The number of nitrogens with zero attached hydrogens (tertiary/aromatic N) is 1. The first-order valence-corrected chi connectivity index (χ1v) is 8.54. The predicted octanol–water partition coefficient (Wildman–Crippen LogP) is 6.00. The fraction of sp³-hybridized carbons (Fsp3) is 0.684. The van der Waals surface area contributed by atoms with Crippen LogP contribution >= 0.6 is 0 Å². The summed E-state index contributed by atoms with van der Waals surface area (Å²) in [4.78, 5) is 2.57. The Morgan fingerprint density at radius 2 is 1.40 bits per heavy atom. The molecule has 1 aromatic carbocycles. The molecular weight excluding hydrogens is 242 g/mol. The van der Waals surface area contributed by atoms with Crippen LogP contribution < -0.4 is 4.90 Å². The zero-order valence-corrected chi connectivity index (χ0v) is 14.0. The highest BCUT2D eigenvalue weighted by Gasteiger charge is 2.06. The standard InChI is InChI=1S/C19H33N/c1-5-7-9-10-16-20(15-8-6-2)19-13-11-18(12-14-19)17(3)4/h11-14,17H,5-10,15-16H2,1-4H3. The number of benzene rings is 1. The highest BCUT2D eigenvalue weighted by molar-refractivity contribution is 5.48. The van der Waals surface area contributed by atoms with E-state index in [1.54, 1.807) is 0 Å². The summed E-state index contributed by atoms with van der Waals surface area (Å²) in [6.45, 7) is 11.5. The van der Waals surface area contributed by atoms with Gasteiger partial charge in [-0.3, -0.25) is 0 Å². The number of unbranched alkanes of at least 4 members (excludes halogenated alkanes) is 4. The van der Waals surface area contributed by atoms with Crippen LogP contribution in [-0.2, 0) is 0 Å².